The number of hydrogen-bond donors (Lipinski definition) is 1. The first-order chi connectivity index (χ1) is 9.58. The van der Waals surface area contributed by atoms with Crippen molar-refractivity contribution in [2.45, 2.75) is 39.5 Å². The fourth-order valence-corrected chi connectivity index (χ4v) is 2.70. The van der Waals surface area contributed by atoms with Gasteiger partial charge in [-0.2, -0.15) is 0 Å². The largest absolute Gasteiger partial charge is 0.348 e. The van der Waals surface area contributed by atoms with Crippen LogP contribution in [0.5, 0.6) is 0 Å². The number of rotatable bonds is 2. The van der Waals surface area contributed by atoms with Gasteiger partial charge in [-0.1, -0.05) is 39.8 Å². The molecule has 0 bridgehead atoms. The molecule has 0 unspecified atom stereocenters. The lowest BCUT2D eigenvalue weighted by Crippen LogP contribution is -1.87. The molecule has 20 heavy (non-hydrogen) atoms. The summed E-state index contributed by atoms with van der Waals surface area (Å²) in [5.41, 5.74) is 1.13. The topological polar surface area (TPSA) is 41.6 Å². The molecule has 0 saturated heterocycles. The van der Waals surface area contributed by atoms with Crippen LogP contribution in [0.3, 0.4) is 0 Å². The lowest BCUT2D eigenvalue weighted by atomic mass is 10.2. The molecule has 3 rings (SSSR count). The van der Waals surface area contributed by atoms with Gasteiger partial charge < -0.3 is 4.98 Å². The second kappa shape index (κ2) is 6.66. The molecule has 0 aliphatic carbocycles. The predicted octanol–water partition coefficient (Wildman–Crippen LogP) is 4.95. The predicted molar refractivity (Wildman–Crippen MR) is 86.4 cm³/mol. The molecule has 0 atom stereocenters. The quantitative estimate of drug-likeness (QED) is 0.724. The van der Waals surface area contributed by atoms with E-state index < -0.39 is 0 Å². The summed E-state index contributed by atoms with van der Waals surface area (Å²) in [6.45, 7) is 8.58. The van der Waals surface area contributed by atoms with E-state index in [-0.39, 0.29) is 0 Å². The summed E-state index contributed by atoms with van der Waals surface area (Å²) >= 11 is 1.79. The van der Waals surface area contributed by atoms with E-state index in [4.69, 9.17) is 0 Å². The van der Waals surface area contributed by atoms with E-state index >= 15 is 0 Å². The lowest BCUT2D eigenvalue weighted by Gasteiger charge is -1.95. The van der Waals surface area contributed by atoms with E-state index in [1.165, 1.54) is 9.71 Å². The van der Waals surface area contributed by atoms with Crippen LogP contribution in [0, 0.1) is 0 Å². The molecule has 2 heterocycles. The first-order valence-electron chi connectivity index (χ1n) is 6.92. The summed E-state index contributed by atoms with van der Waals surface area (Å²) in [4.78, 5) is 11.6. The number of para-hydroxylation sites is 1. The van der Waals surface area contributed by atoms with E-state index in [1.807, 2.05) is 12.3 Å². The molecule has 0 aliphatic rings. The third-order valence-corrected chi connectivity index (χ3v) is 4.21. The molecule has 0 amide bonds. The van der Waals surface area contributed by atoms with Crippen molar-refractivity contribution in [2.75, 3.05) is 0 Å². The number of imidazole rings is 1. The first kappa shape index (κ1) is 14.7. The smallest absolute Gasteiger partial charge is 0.108 e. The van der Waals surface area contributed by atoms with Crippen molar-refractivity contribution in [1.82, 2.24) is 15.0 Å². The van der Waals surface area contributed by atoms with Crippen LogP contribution in [-0.2, 0) is 0 Å². The standard InChI is InChI=1S/C10H11NS.C6H10N2/c1-7(2)10-11-8-5-3-4-6-9(8)12-10;1-5(2)6-7-3-4-8-6/h3-7H,1-2H3;3-5H,1-2H3,(H,7,8). The zero-order valence-corrected chi connectivity index (χ0v) is 13.2. The Morgan fingerprint density at radius 2 is 1.80 bits per heavy atom. The van der Waals surface area contributed by atoms with Crippen molar-refractivity contribution in [3.63, 3.8) is 0 Å². The van der Waals surface area contributed by atoms with Gasteiger partial charge in [-0.15, -0.1) is 11.3 Å². The van der Waals surface area contributed by atoms with E-state index in [1.54, 1.807) is 17.5 Å². The molecule has 0 aliphatic heterocycles. The van der Waals surface area contributed by atoms with Crippen molar-refractivity contribution in [3.05, 3.63) is 47.5 Å². The molecule has 0 fully saturated rings. The van der Waals surface area contributed by atoms with Gasteiger partial charge >= 0.3 is 0 Å². The molecule has 0 saturated carbocycles. The average molecular weight is 287 g/mol. The summed E-state index contributed by atoms with van der Waals surface area (Å²) in [5.74, 6) is 2.12. The zero-order chi connectivity index (χ0) is 14.5. The maximum absolute atomic E-state index is 4.53. The Labute approximate surface area is 124 Å². The van der Waals surface area contributed by atoms with Crippen LogP contribution in [0.2, 0.25) is 0 Å². The second-order valence-corrected chi connectivity index (χ2v) is 6.37. The summed E-state index contributed by atoms with van der Waals surface area (Å²) < 4.78 is 1.29. The van der Waals surface area contributed by atoms with Gasteiger partial charge in [0.05, 0.1) is 15.2 Å². The number of hydrogen-bond acceptors (Lipinski definition) is 3. The highest BCUT2D eigenvalue weighted by Crippen LogP contribution is 2.26. The van der Waals surface area contributed by atoms with E-state index in [0.29, 0.717) is 11.8 Å². The SMILES string of the molecule is CC(C)c1nc2ccccc2s1.CC(C)c1ncc[nH]1. The van der Waals surface area contributed by atoms with Crippen LogP contribution in [0.15, 0.2) is 36.7 Å². The van der Waals surface area contributed by atoms with Crippen molar-refractivity contribution in [3.8, 4) is 0 Å². The van der Waals surface area contributed by atoms with Gasteiger partial charge in [0.25, 0.3) is 0 Å². The van der Waals surface area contributed by atoms with Crippen LogP contribution in [0.4, 0.5) is 0 Å². The molecular formula is C16H21N3S. The van der Waals surface area contributed by atoms with Crippen LogP contribution < -0.4 is 0 Å². The molecule has 106 valence electrons. The number of H-pyrrole nitrogens is 1. The van der Waals surface area contributed by atoms with Gasteiger partial charge in [-0.25, -0.2) is 9.97 Å². The molecule has 3 aromatic rings. The highest BCUT2D eigenvalue weighted by Gasteiger charge is 2.05. The summed E-state index contributed by atoms with van der Waals surface area (Å²) in [6.07, 6.45) is 3.62. The van der Waals surface area contributed by atoms with Crippen LogP contribution in [0.1, 0.15) is 50.4 Å². The fourth-order valence-electron chi connectivity index (χ4n) is 1.73. The molecule has 4 heteroatoms. The van der Waals surface area contributed by atoms with Gasteiger partial charge in [0.2, 0.25) is 0 Å². The van der Waals surface area contributed by atoms with E-state index in [2.05, 4.69) is 60.8 Å². The van der Waals surface area contributed by atoms with Gasteiger partial charge in [0.15, 0.2) is 0 Å². The second-order valence-electron chi connectivity index (χ2n) is 5.30. The Kier molecular flexibility index (Phi) is 4.90. The Bertz CT molecular complexity index is 606. The maximum Gasteiger partial charge on any atom is 0.108 e. The summed E-state index contributed by atoms with van der Waals surface area (Å²) in [5, 5.41) is 1.23. The number of nitrogens with zero attached hydrogens (tertiary/aromatic N) is 2. The van der Waals surface area contributed by atoms with Crippen LogP contribution in [0.25, 0.3) is 10.2 Å². The van der Waals surface area contributed by atoms with Crippen LogP contribution >= 0.6 is 11.3 Å². The summed E-state index contributed by atoms with van der Waals surface area (Å²) in [7, 11) is 0. The third kappa shape index (κ3) is 3.67. The molecule has 1 aromatic carbocycles. The number of aromatic nitrogens is 3. The normalized spacial score (nSPS) is 10.9. The third-order valence-electron chi connectivity index (χ3n) is 2.87. The Morgan fingerprint density at radius 1 is 1.05 bits per heavy atom. The number of fused-ring (bicyclic) bond motifs is 1. The molecular weight excluding hydrogens is 266 g/mol. The van der Waals surface area contributed by atoms with Gasteiger partial charge in [0, 0.05) is 24.2 Å². The Balaban J connectivity index is 0.000000160. The van der Waals surface area contributed by atoms with Crippen molar-refractivity contribution in [2.24, 2.45) is 0 Å². The lowest BCUT2D eigenvalue weighted by molar-refractivity contribution is 0.794. The Hall–Kier alpha value is -1.68. The highest BCUT2D eigenvalue weighted by atomic mass is 32.1. The van der Waals surface area contributed by atoms with Crippen molar-refractivity contribution in [1.29, 1.82) is 0 Å². The maximum atomic E-state index is 4.53. The number of nitrogens with one attached hydrogen (secondary N) is 1. The molecule has 2 aromatic heterocycles. The van der Waals surface area contributed by atoms with Gasteiger partial charge in [-0.3, -0.25) is 0 Å². The highest BCUT2D eigenvalue weighted by molar-refractivity contribution is 7.18. The number of aromatic amines is 1. The Morgan fingerprint density at radius 3 is 2.30 bits per heavy atom. The van der Waals surface area contributed by atoms with E-state index in [0.717, 1.165) is 11.3 Å². The number of thiazole rings is 1. The van der Waals surface area contributed by atoms with Crippen molar-refractivity contribution < 1.29 is 0 Å². The fraction of sp³-hybridized carbons (Fsp3) is 0.375. The summed E-state index contributed by atoms with van der Waals surface area (Å²) in [6, 6.07) is 8.29. The minimum atomic E-state index is 0.519. The van der Waals surface area contributed by atoms with Gasteiger partial charge in [0.1, 0.15) is 5.82 Å². The minimum Gasteiger partial charge on any atom is -0.348 e. The van der Waals surface area contributed by atoms with Gasteiger partial charge in [-0.05, 0) is 12.1 Å². The minimum absolute atomic E-state index is 0.519. The average Bonchev–Trinajstić information content (AvgIpc) is 3.08. The molecule has 0 spiro atoms. The number of benzene rings is 1. The molecule has 1 N–H and O–H groups in total. The van der Waals surface area contributed by atoms with E-state index in [9.17, 15) is 0 Å². The molecule has 0 radical (unpaired) electrons. The zero-order valence-electron chi connectivity index (χ0n) is 12.4. The monoisotopic (exact) mass is 287 g/mol. The first-order valence-corrected chi connectivity index (χ1v) is 7.74. The van der Waals surface area contributed by atoms with Crippen LogP contribution in [-0.4, -0.2) is 15.0 Å². The van der Waals surface area contributed by atoms with Crippen molar-refractivity contribution >= 4 is 21.6 Å². The molecule has 3 nitrogen and oxygen atoms in total.